The molecule has 0 amide bonds. The van der Waals surface area contributed by atoms with Gasteiger partial charge in [0.1, 0.15) is 5.75 Å². The quantitative estimate of drug-likeness (QED) is 0.771. The highest BCUT2D eigenvalue weighted by atomic mass is 16.5. The minimum absolute atomic E-state index is 0.544. The highest BCUT2D eigenvalue weighted by Crippen LogP contribution is 2.22. The summed E-state index contributed by atoms with van der Waals surface area (Å²) in [6.45, 7) is 7.21. The van der Waals surface area contributed by atoms with Gasteiger partial charge in [-0.05, 0) is 69.9 Å². The molecule has 1 aliphatic heterocycles. The zero-order valence-electron chi connectivity index (χ0n) is 12.2. The molecule has 3 nitrogen and oxygen atoms in total. The van der Waals surface area contributed by atoms with Gasteiger partial charge >= 0.3 is 0 Å². The maximum absolute atomic E-state index is 5.43. The smallest absolute Gasteiger partial charge is 0.119 e. The summed E-state index contributed by atoms with van der Waals surface area (Å²) in [4.78, 5) is 0. The molecular formula is C16H24N2O. The Morgan fingerprint density at radius 2 is 1.84 bits per heavy atom. The second-order valence-corrected chi connectivity index (χ2v) is 5.26. The van der Waals surface area contributed by atoms with Crippen molar-refractivity contribution in [3.63, 3.8) is 0 Å². The molecule has 0 aliphatic carbocycles. The van der Waals surface area contributed by atoms with Crippen LogP contribution in [0.3, 0.4) is 0 Å². The third-order valence-electron chi connectivity index (χ3n) is 3.68. The first-order chi connectivity index (χ1) is 9.20. The maximum atomic E-state index is 5.43. The van der Waals surface area contributed by atoms with Crippen molar-refractivity contribution in [2.75, 3.05) is 6.61 Å². The van der Waals surface area contributed by atoms with Crippen molar-refractivity contribution in [1.29, 1.82) is 0 Å². The van der Waals surface area contributed by atoms with Gasteiger partial charge in [-0.3, -0.25) is 5.01 Å². The molecule has 19 heavy (non-hydrogen) atoms. The van der Waals surface area contributed by atoms with Gasteiger partial charge < -0.3 is 4.74 Å². The van der Waals surface area contributed by atoms with Crippen molar-refractivity contribution >= 4 is 6.21 Å². The maximum Gasteiger partial charge on any atom is 0.119 e. The summed E-state index contributed by atoms with van der Waals surface area (Å²) in [5, 5.41) is 6.89. The van der Waals surface area contributed by atoms with Crippen LogP contribution in [0.15, 0.2) is 29.4 Å². The predicted molar refractivity (Wildman–Crippen MR) is 79.8 cm³/mol. The number of piperidine rings is 1. The van der Waals surface area contributed by atoms with Crippen LogP contribution in [0.2, 0.25) is 0 Å². The Morgan fingerprint density at radius 1 is 1.21 bits per heavy atom. The molecule has 2 atom stereocenters. The van der Waals surface area contributed by atoms with Crippen LogP contribution in [0.5, 0.6) is 5.75 Å². The van der Waals surface area contributed by atoms with Crippen molar-refractivity contribution < 1.29 is 4.74 Å². The van der Waals surface area contributed by atoms with E-state index in [0.29, 0.717) is 18.7 Å². The molecule has 0 aromatic heterocycles. The first kappa shape index (κ1) is 13.9. The van der Waals surface area contributed by atoms with E-state index in [9.17, 15) is 0 Å². The van der Waals surface area contributed by atoms with Crippen molar-refractivity contribution in [3.05, 3.63) is 29.8 Å². The Bertz CT molecular complexity index is 403. The lowest BCUT2D eigenvalue weighted by atomic mass is 10.00. The number of hydrazone groups is 1. The van der Waals surface area contributed by atoms with Gasteiger partial charge in [0.15, 0.2) is 0 Å². The Morgan fingerprint density at radius 3 is 2.42 bits per heavy atom. The van der Waals surface area contributed by atoms with Gasteiger partial charge in [-0.2, -0.15) is 5.10 Å². The van der Waals surface area contributed by atoms with Gasteiger partial charge in [0.2, 0.25) is 0 Å². The van der Waals surface area contributed by atoms with E-state index >= 15 is 0 Å². The second-order valence-electron chi connectivity index (χ2n) is 5.26. The van der Waals surface area contributed by atoms with Crippen molar-refractivity contribution in [2.24, 2.45) is 5.10 Å². The summed E-state index contributed by atoms with van der Waals surface area (Å²) >= 11 is 0. The first-order valence-corrected chi connectivity index (χ1v) is 7.26. The summed E-state index contributed by atoms with van der Waals surface area (Å²) in [5.74, 6) is 0.916. The van der Waals surface area contributed by atoms with Gasteiger partial charge in [0, 0.05) is 12.1 Å². The van der Waals surface area contributed by atoms with Crippen molar-refractivity contribution in [1.82, 2.24) is 5.01 Å². The average molecular weight is 260 g/mol. The van der Waals surface area contributed by atoms with Crippen LogP contribution in [-0.4, -0.2) is 29.9 Å². The third-order valence-corrected chi connectivity index (χ3v) is 3.68. The summed E-state index contributed by atoms with van der Waals surface area (Å²) in [6.07, 6.45) is 5.75. The Kier molecular flexibility index (Phi) is 4.83. The molecule has 3 heteroatoms. The number of ether oxygens (including phenoxy) is 1. The SMILES string of the molecule is CCOc1ccc(/C=N\N2[C@H](C)CCC[C@H]2C)cc1. The van der Waals surface area contributed by atoms with Crippen LogP contribution in [0, 0.1) is 0 Å². The largest absolute Gasteiger partial charge is 0.494 e. The molecule has 104 valence electrons. The lowest BCUT2D eigenvalue weighted by Crippen LogP contribution is -2.39. The minimum atomic E-state index is 0.544. The van der Waals surface area contributed by atoms with E-state index in [-0.39, 0.29) is 0 Å². The lowest BCUT2D eigenvalue weighted by Gasteiger charge is -2.36. The van der Waals surface area contributed by atoms with Crippen LogP contribution >= 0.6 is 0 Å². The molecule has 0 saturated carbocycles. The monoisotopic (exact) mass is 260 g/mol. The summed E-state index contributed by atoms with van der Waals surface area (Å²) < 4.78 is 5.43. The van der Waals surface area contributed by atoms with Crippen LogP contribution < -0.4 is 4.74 Å². The zero-order chi connectivity index (χ0) is 13.7. The fourth-order valence-corrected chi connectivity index (χ4v) is 2.59. The molecular weight excluding hydrogens is 236 g/mol. The molecule has 0 unspecified atom stereocenters. The highest BCUT2D eigenvalue weighted by Gasteiger charge is 2.22. The fourth-order valence-electron chi connectivity index (χ4n) is 2.59. The van der Waals surface area contributed by atoms with E-state index in [1.807, 2.05) is 37.4 Å². The molecule has 0 N–H and O–H groups in total. The topological polar surface area (TPSA) is 24.8 Å². The standard InChI is InChI=1S/C16H24N2O/c1-4-19-16-10-8-15(9-11-16)12-17-18-13(2)6-5-7-14(18)3/h8-14H,4-7H2,1-3H3/b17-12-/t13-,14-/m1/s1. The van der Waals surface area contributed by atoms with E-state index in [1.54, 1.807) is 0 Å². The van der Waals surface area contributed by atoms with Gasteiger partial charge in [-0.15, -0.1) is 0 Å². The normalized spacial score (nSPS) is 23.8. The highest BCUT2D eigenvalue weighted by molar-refractivity contribution is 5.79. The van der Waals surface area contributed by atoms with Crippen LogP contribution in [-0.2, 0) is 0 Å². The number of nitrogens with zero attached hydrogens (tertiary/aromatic N) is 2. The van der Waals surface area contributed by atoms with Gasteiger partial charge in [0.25, 0.3) is 0 Å². The Labute approximate surface area is 116 Å². The van der Waals surface area contributed by atoms with Crippen molar-refractivity contribution in [3.8, 4) is 5.75 Å². The number of benzene rings is 1. The second kappa shape index (κ2) is 6.60. The number of hydrogen-bond donors (Lipinski definition) is 0. The predicted octanol–water partition coefficient (Wildman–Crippen LogP) is 3.68. The van der Waals surface area contributed by atoms with Crippen LogP contribution in [0.4, 0.5) is 0 Å². The molecule has 1 heterocycles. The fraction of sp³-hybridized carbons (Fsp3) is 0.562. The summed E-state index contributed by atoms with van der Waals surface area (Å²) in [5.41, 5.74) is 1.12. The zero-order valence-corrected chi connectivity index (χ0v) is 12.2. The third kappa shape index (κ3) is 3.72. The Balaban J connectivity index is 2.00. The average Bonchev–Trinajstić information content (AvgIpc) is 2.40. The van der Waals surface area contributed by atoms with E-state index in [4.69, 9.17) is 4.74 Å². The molecule has 1 saturated heterocycles. The Hall–Kier alpha value is -1.51. The molecule has 1 aromatic carbocycles. The molecule has 1 aliphatic rings. The molecule has 0 bridgehead atoms. The molecule has 0 spiro atoms. The molecule has 2 rings (SSSR count). The molecule has 1 fully saturated rings. The van der Waals surface area contributed by atoms with Crippen molar-refractivity contribution in [2.45, 2.75) is 52.1 Å². The minimum Gasteiger partial charge on any atom is -0.494 e. The van der Waals surface area contributed by atoms with E-state index in [1.165, 1.54) is 19.3 Å². The van der Waals surface area contributed by atoms with Gasteiger partial charge in [-0.1, -0.05) is 0 Å². The first-order valence-electron chi connectivity index (χ1n) is 7.26. The van der Waals surface area contributed by atoms with E-state index in [0.717, 1.165) is 11.3 Å². The number of hydrogen-bond acceptors (Lipinski definition) is 3. The lowest BCUT2D eigenvalue weighted by molar-refractivity contribution is 0.109. The number of rotatable bonds is 4. The van der Waals surface area contributed by atoms with Crippen LogP contribution in [0.25, 0.3) is 0 Å². The van der Waals surface area contributed by atoms with Crippen LogP contribution in [0.1, 0.15) is 45.6 Å². The molecule has 1 aromatic rings. The van der Waals surface area contributed by atoms with Gasteiger partial charge in [-0.25, -0.2) is 0 Å². The molecule has 0 radical (unpaired) electrons. The summed E-state index contributed by atoms with van der Waals surface area (Å²) in [6, 6.07) is 9.18. The summed E-state index contributed by atoms with van der Waals surface area (Å²) in [7, 11) is 0. The van der Waals surface area contributed by atoms with E-state index < -0.39 is 0 Å². The van der Waals surface area contributed by atoms with Gasteiger partial charge in [0.05, 0.1) is 12.8 Å². The van der Waals surface area contributed by atoms with E-state index in [2.05, 4.69) is 24.0 Å².